The molecule has 0 radical (unpaired) electrons. The first-order chi connectivity index (χ1) is 10.8. The molecule has 5 rings (SSSR count). The molecule has 118 valence electrons. The monoisotopic (exact) mass is 298 g/mol. The zero-order valence-electron chi connectivity index (χ0n) is 13.2. The van der Waals surface area contributed by atoms with Gasteiger partial charge in [-0.2, -0.15) is 0 Å². The maximum Gasteiger partial charge on any atom is 0.0436 e. The Bertz CT molecular complexity index is 599. The van der Waals surface area contributed by atoms with Crippen molar-refractivity contribution in [3.8, 4) is 0 Å². The van der Waals surface area contributed by atoms with E-state index in [0.29, 0.717) is 29.5 Å². The van der Waals surface area contributed by atoms with Crippen LogP contribution >= 0.6 is 0 Å². The van der Waals surface area contributed by atoms with Crippen molar-refractivity contribution in [3.05, 3.63) is 29.8 Å². The number of hydrogen-bond donors (Lipinski definition) is 2. The Hall–Kier alpha value is -1.06. The number of rotatable bonds is 2. The van der Waals surface area contributed by atoms with Gasteiger partial charge in [0.15, 0.2) is 0 Å². The van der Waals surface area contributed by atoms with Crippen molar-refractivity contribution in [2.45, 2.75) is 56.0 Å². The second-order valence-electron chi connectivity index (χ2n) is 7.95. The average Bonchev–Trinajstić information content (AvgIpc) is 3.09. The predicted molar refractivity (Wildman–Crippen MR) is 88.1 cm³/mol. The van der Waals surface area contributed by atoms with Crippen LogP contribution in [0.15, 0.2) is 24.3 Å². The van der Waals surface area contributed by atoms with Gasteiger partial charge >= 0.3 is 0 Å². The molecule has 3 nitrogen and oxygen atoms in total. The molecular formula is C19H26N2O. The molecule has 22 heavy (non-hydrogen) atoms. The molecule has 3 aliphatic heterocycles. The topological polar surface area (TPSA) is 35.5 Å². The molecule has 1 aromatic rings. The maximum absolute atomic E-state index is 9.74. The molecule has 2 saturated heterocycles. The third-order valence-electron chi connectivity index (χ3n) is 7.29. The van der Waals surface area contributed by atoms with E-state index in [0.717, 1.165) is 6.42 Å². The molecule has 2 N–H and O–H groups in total. The third kappa shape index (κ3) is 1.45. The number of anilines is 1. The summed E-state index contributed by atoms with van der Waals surface area (Å²) in [7, 11) is 0. The predicted octanol–water partition coefficient (Wildman–Crippen LogP) is 2.75. The Labute approximate surface area is 132 Å². The van der Waals surface area contributed by atoms with Crippen molar-refractivity contribution in [1.82, 2.24) is 4.90 Å². The number of nitrogens with zero attached hydrogens (tertiary/aromatic N) is 1. The van der Waals surface area contributed by atoms with Gasteiger partial charge in [0.05, 0.1) is 0 Å². The number of aliphatic hydroxyl groups is 1. The fourth-order valence-electron chi connectivity index (χ4n) is 6.66. The first-order valence-electron chi connectivity index (χ1n) is 9.01. The molecule has 3 heteroatoms. The van der Waals surface area contributed by atoms with E-state index in [1.165, 1.54) is 50.9 Å². The van der Waals surface area contributed by atoms with Gasteiger partial charge in [-0.3, -0.25) is 4.90 Å². The third-order valence-corrected chi connectivity index (χ3v) is 7.29. The zero-order valence-corrected chi connectivity index (χ0v) is 13.2. The van der Waals surface area contributed by atoms with Crippen LogP contribution in [-0.2, 0) is 5.41 Å². The maximum atomic E-state index is 9.74. The number of benzene rings is 1. The Morgan fingerprint density at radius 3 is 3.00 bits per heavy atom. The molecule has 0 unspecified atom stereocenters. The number of aliphatic hydroxyl groups excluding tert-OH is 1. The van der Waals surface area contributed by atoms with E-state index in [4.69, 9.17) is 0 Å². The van der Waals surface area contributed by atoms with Crippen molar-refractivity contribution in [2.24, 2.45) is 5.41 Å². The lowest BCUT2D eigenvalue weighted by atomic mass is 9.52. The Morgan fingerprint density at radius 1 is 1.18 bits per heavy atom. The van der Waals surface area contributed by atoms with Crippen LogP contribution in [0.25, 0.3) is 0 Å². The van der Waals surface area contributed by atoms with Crippen molar-refractivity contribution in [3.63, 3.8) is 0 Å². The molecule has 4 atom stereocenters. The molecule has 4 aliphatic rings. The number of hydrogen-bond acceptors (Lipinski definition) is 3. The van der Waals surface area contributed by atoms with Crippen LogP contribution in [0.1, 0.15) is 44.1 Å². The van der Waals surface area contributed by atoms with Gasteiger partial charge in [0.1, 0.15) is 0 Å². The van der Waals surface area contributed by atoms with Crippen LogP contribution in [0.3, 0.4) is 0 Å². The summed E-state index contributed by atoms with van der Waals surface area (Å²) in [5.41, 5.74) is 3.58. The van der Waals surface area contributed by atoms with E-state index in [2.05, 4.69) is 34.5 Å². The summed E-state index contributed by atoms with van der Waals surface area (Å²) in [5, 5.41) is 13.6. The number of nitrogens with one attached hydrogen (secondary N) is 1. The first-order valence-corrected chi connectivity index (χ1v) is 9.01. The molecule has 0 amide bonds. The van der Waals surface area contributed by atoms with Crippen molar-refractivity contribution < 1.29 is 5.11 Å². The summed E-state index contributed by atoms with van der Waals surface area (Å²) < 4.78 is 0. The number of para-hydroxylation sites is 1. The fraction of sp³-hybridized carbons (Fsp3) is 0.684. The van der Waals surface area contributed by atoms with Gasteiger partial charge in [-0.1, -0.05) is 18.2 Å². The highest BCUT2D eigenvalue weighted by Gasteiger charge is 2.66. The molecule has 3 heterocycles. The minimum Gasteiger partial charge on any atom is -0.396 e. The van der Waals surface area contributed by atoms with E-state index in [9.17, 15) is 5.11 Å². The van der Waals surface area contributed by atoms with Crippen LogP contribution < -0.4 is 5.32 Å². The van der Waals surface area contributed by atoms with Gasteiger partial charge in [0, 0.05) is 29.8 Å². The first kappa shape index (κ1) is 13.4. The molecule has 1 spiro atoms. The van der Waals surface area contributed by atoms with Gasteiger partial charge in [0.2, 0.25) is 0 Å². The van der Waals surface area contributed by atoms with Crippen molar-refractivity contribution in [1.29, 1.82) is 0 Å². The number of fused-ring (bicyclic) bond motifs is 1. The lowest BCUT2D eigenvalue weighted by Crippen LogP contribution is -2.63. The SMILES string of the molecule is OCC[C@]12CCCN3CC[C@]4(c5ccccc5N[C@@H]4CC1)[C@H]32. The molecule has 3 fully saturated rings. The molecule has 1 saturated carbocycles. The Morgan fingerprint density at radius 2 is 2.09 bits per heavy atom. The second-order valence-corrected chi connectivity index (χ2v) is 7.95. The average molecular weight is 298 g/mol. The second kappa shape index (κ2) is 4.48. The van der Waals surface area contributed by atoms with Crippen LogP contribution in [-0.4, -0.2) is 41.8 Å². The van der Waals surface area contributed by atoms with E-state index < -0.39 is 0 Å². The van der Waals surface area contributed by atoms with E-state index >= 15 is 0 Å². The van der Waals surface area contributed by atoms with E-state index in [-0.39, 0.29) is 0 Å². The fourth-order valence-corrected chi connectivity index (χ4v) is 6.66. The lowest BCUT2D eigenvalue weighted by Gasteiger charge is -2.58. The molecule has 1 aromatic carbocycles. The van der Waals surface area contributed by atoms with Crippen LogP contribution in [0.4, 0.5) is 5.69 Å². The largest absolute Gasteiger partial charge is 0.396 e. The van der Waals surface area contributed by atoms with Gasteiger partial charge in [-0.25, -0.2) is 0 Å². The summed E-state index contributed by atoms with van der Waals surface area (Å²) in [5.74, 6) is 0. The van der Waals surface area contributed by atoms with Crippen LogP contribution in [0.5, 0.6) is 0 Å². The summed E-state index contributed by atoms with van der Waals surface area (Å²) in [4.78, 5) is 2.77. The number of piperidine rings is 1. The van der Waals surface area contributed by atoms with Crippen molar-refractivity contribution >= 4 is 5.69 Å². The summed E-state index contributed by atoms with van der Waals surface area (Å²) >= 11 is 0. The normalized spacial score (nSPS) is 42.4. The Kier molecular flexibility index (Phi) is 2.73. The zero-order chi connectivity index (χ0) is 14.8. The minimum atomic E-state index is 0.296. The highest BCUT2D eigenvalue weighted by Crippen LogP contribution is 2.63. The highest BCUT2D eigenvalue weighted by molar-refractivity contribution is 5.64. The smallest absolute Gasteiger partial charge is 0.0436 e. The van der Waals surface area contributed by atoms with E-state index in [1.54, 1.807) is 5.56 Å². The van der Waals surface area contributed by atoms with Crippen LogP contribution in [0, 0.1) is 5.41 Å². The molecule has 0 bridgehead atoms. The van der Waals surface area contributed by atoms with E-state index in [1.807, 2.05) is 0 Å². The summed E-state index contributed by atoms with van der Waals surface area (Å²) in [6.07, 6.45) is 7.45. The quantitative estimate of drug-likeness (QED) is 0.881. The standard InChI is InChI=1S/C19H26N2O/c22-13-10-18-7-3-11-21-12-9-19(17(18)21)14-4-1-2-5-15(14)20-16(19)6-8-18/h1-2,4-5,16-17,20,22H,3,6-13H2/t16-,17-,18+,19-/m1/s1. The summed E-state index contributed by atoms with van der Waals surface area (Å²) in [6.45, 7) is 2.85. The summed E-state index contributed by atoms with van der Waals surface area (Å²) in [6, 6.07) is 10.2. The van der Waals surface area contributed by atoms with Gasteiger partial charge in [-0.05, 0) is 68.7 Å². The lowest BCUT2D eigenvalue weighted by molar-refractivity contribution is -0.0422. The Balaban J connectivity index is 1.69. The van der Waals surface area contributed by atoms with Gasteiger partial charge in [-0.15, -0.1) is 0 Å². The molecule has 1 aliphatic carbocycles. The minimum absolute atomic E-state index is 0.296. The molecular weight excluding hydrogens is 272 g/mol. The highest BCUT2D eigenvalue weighted by atomic mass is 16.3. The van der Waals surface area contributed by atoms with Gasteiger partial charge < -0.3 is 10.4 Å². The molecule has 0 aromatic heterocycles. The van der Waals surface area contributed by atoms with Crippen molar-refractivity contribution in [2.75, 3.05) is 25.0 Å². The van der Waals surface area contributed by atoms with Gasteiger partial charge in [0.25, 0.3) is 0 Å². The van der Waals surface area contributed by atoms with Crippen LogP contribution in [0.2, 0.25) is 0 Å².